The Balaban J connectivity index is 1.60. The quantitative estimate of drug-likeness (QED) is 0.577. The first-order chi connectivity index (χ1) is 13.1. The molecule has 0 aliphatic carbocycles. The Morgan fingerprint density at radius 1 is 1.19 bits per heavy atom. The van der Waals surface area contributed by atoms with Crippen LogP contribution in [0, 0.1) is 6.92 Å². The molecule has 0 aliphatic rings. The molecule has 9 nitrogen and oxygen atoms in total. The van der Waals surface area contributed by atoms with Crippen LogP contribution >= 0.6 is 0 Å². The van der Waals surface area contributed by atoms with Gasteiger partial charge >= 0.3 is 0 Å². The number of benzene rings is 1. The van der Waals surface area contributed by atoms with Crippen molar-refractivity contribution in [1.82, 2.24) is 35.4 Å². The first-order valence-corrected chi connectivity index (χ1v) is 8.22. The Morgan fingerprint density at radius 3 is 2.70 bits per heavy atom. The van der Waals surface area contributed by atoms with Gasteiger partial charge in [-0.15, -0.1) is 10.2 Å². The van der Waals surface area contributed by atoms with Crippen molar-refractivity contribution in [3.8, 4) is 22.6 Å². The van der Waals surface area contributed by atoms with Crippen molar-refractivity contribution in [3.05, 3.63) is 59.9 Å². The second kappa shape index (κ2) is 6.79. The van der Waals surface area contributed by atoms with Crippen molar-refractivity contribution in [1.29, 1.82) is 0 Å². The van der Waals surface area contributed by atoms with Crippen LogP contribution in [0.5, 0.6) is 0 Å². The minimum Gasteiger partial charge on any atom is -0.306 e. The lowest BCUT2D eigenvalue weighted by Gasteiger charge is -2.08. The summed E-state index contributed by atoms with van der Waals surface area (Å²) < 4.78 is 1.69. The van der Waals surface area contributed by atoms with E-state index in [-0.39, 0.29) is 5.91 Å². The van der Waals surface area contributed by atoms with Crippen molar-refractivity contribution < 1.29 is 4.79 Å². The van der Waals surface area contributed by atoms with Crippen LogP contribution in [-0.2, 0) is 7.05 Å². The zero-order chi connectivity index (χ0) is 18.8. The average Bonchev–Trinajstić information content (AvgIpc) is 3.33. The molecule has 1 amide bonds. The number of carbonyl (C=O) groups excluding carboxylic acids is 1. The molecule has 4 rings (SSSR count). The van der Waals surface area contributed by atoms with E-state index in [1.807, 2.05) is 38.2 Å². The molecule has 3 aromatic heterocycles. The molecule has 0 saturated heterocycles. The van der Waals surface area contributed by atoms with Crippen LogP contribution in [0.2, 0.25) is 0 Å². The van der Waals surface area contributed by atoms with Gasteiger partial charge in [-0.05, 0) is 41.5 Å². The summed E-state index contributed by atoms with van der Waals surface area (Å²) in [5.74, 6) is 0.795. The molecule has 3 heterocycles. The molecule has 9 heteroatoms. The molecule has 4 aromatic rings. The molecule has 0 fully saturated rings. The Hall–Kier alpha value is -3.88. The van der Waals surface area contributed by atoms with Crippen LogP contribution in [0.4, 0.5) is 5.82 Å². The first-order valence-electron chi connectivity index (χ1n) is 8.22. The maximum atomic E-state index is 12.5. The molecule has 0 saturated carbocycles. The Kier molecular flexibility index (Phi) is 4.17. The number of anilines is 1. The molecule has 2 N–H and O–H groups in total. The topological polar surface area (TPSA) is 114 Å². The maximum Gasteiger partial charge on any atom is 0.256 e. The van der Waals surface area contributed by atoms with Gasteiger partial charge in [0.2, 0.25) is 5.82 Å². The second-order valence-corrected chi connectivity index (χ2v) is 5.97. The fraction of sp³-hybridized carbons (Fsp3) is 0.111. The number of pyridine rings is 1. The highest BCUT2D eigenvalue weighted by molar-refractivity contribution is 6.04. The molecular formula is C18H16N8O. The highest BCUT2D eigenvalue weighted by atomic mass is 16.1. The summed E-state index contributed by atoms with van der Waals surface area (Å²) >= 11 is 0. The van der Waals surface area contributed by atoms with Crippen molar-refractivity contribution in [2.45, 2.75) is 6.92 Å². The molecule has 1 aromatic carbocycles. The van der Waals surface area contributed by atoms with Gasteiger partial charge in [0.1, 0.15) is 11.5 Å². The predicted octanol–water partition coefficient (Wildman–Crippen LogP) is 2.22. The number of rotatable bonds is 4. The van der Waals surface area contributed by atoms with Crippen molar-refractivity contribution in [2.75, 3.05) is 5.32 Å². The number of nitrogens with zero attached hydrogens (tertiary/aromatic N) is 6. The zero-order valence-corrected chi connectivity index (χ0v) is 14.7. The van der Waals surface area contributed by atoms with Gasteiger partial charge in [0.05, 0.1) is 6.20 Å². The van der Waals surface area contributed by atoms with E-state index < -0.39 is 0 Å². The molecular weight excluding hydrogens is 344 g/mol. The number of hydrogen-bond donors (Lipinski definition) is 2. The molecule has 134 valence electrons. The molecule has 0 aliphatic heterocycles. The summed E-state index contributed by atoms with van der Waals surface area (Å²) in [7, 11) is 1.81. The number of aromatic amines is 1. The molecule has 0 bridgehead atoms. The molecule has 0 spiro atoms. The van der Waals surface area contributed by atoms with Gasteiger partial charge < -0.3 is 5.32 Å². The van der Waals surface area contributed by atoms with Gasteiger partial charge in [-0.3, -0.25) is 9.48 Å². The van der Waals surface area contributed by atoms with Gasteiger partial charge in [0, 0.05) is 24.4 Å². The van der Waals surface area contributed by atoms with Gasteiger partial charge in [0.15, 0.2) is 0 Å². The summed E-state index contributed by atoms with van der Waals surface area (Å²) in [6.07, 6.45) is 3.38. The minimum atomic E-state index is -0.215. The van der Waals surface area contributed by atoms with E-state index >= 15 is 0 Å². The van der Waals surface area contributed by atoms with E-state index in [1.165, 1.54) is 0 Å². The number of hydrogen-bond acceptors (Lipinski definition) is 6. The average molecular weight is 360 g/mol. The third kappa shape index (κ3) is 3.17. The van der Waals surface area contributed by atoms with Gasteiger partial charge in [0.25, 0.3) is 5.91 Å². The number of amides is 1. The maximum absolute atomic E-state index is 12.5. The smallest absolute Gasteiger partial charge is 0.256 e. The van der Waals surface area contributed by atoms with Crippen LogP contribution in [0.1, 0.15) is 15.9 Å². The summed E-state index contributed by atoms with van der Waals surface area (Å²) in [6.45, 7) is 1.90. The van der Waals surface area contributed by atoms with E-state index in [0.717, 1.165) is 22.4 Å². The van der Waals surface area contributed by atoms with Crippen molar-refractivity contribution in [2.24, 2.45) is 7.05 Å². The van der Waals surface area contributed by atoms with E-state index in [1.54, 1.807) is 29.2 Å². The van der Waals surface area contributed by atoms with Crippen LogP contribution in [0.15, 0.2) is 48.8 Å². The number of aryl methyl sites for hydroxylation is 2. The number of aromatic nitrogens is 7. The van der Waals surface area contributed by atoms with Crippen LogP contribution in [-0.4, -0.2) is 41.3 Å². The van der Waals surface area contributed by atoms with Gasteiger partial charge in [-0.1, -0.05) is 18.2 Å². The lowest BCUT2D eigenvalue weighted by molar-refractivity contribution is 0.102. The second-order valence-electron chi connectivity index (χ2n) is 5.97. The third-order valence-electron chi connectivity index (χ3n) is 4.20. The fourth-order valence-corrected chi connectivity index (χ4v) is 2.77. The van der Waals surface area contributed by atoms with E-state index in [2.05, 4.69) is 36.0 Å². The number of H-pyrrole nitrogens is 1. The van der Waals surface area contributed by atoms with Crippen LogP contribution < -0.4 is 5.32 Å². The molecule has 0 unspecified atom stereocenters. The number of carbonyl (C=O) groups is 1. The largest absolute Gasteiger partial charge is 0.306 e. The van der Waals surface area contributed by atoms with Crippen LogP contribution in [0.25, 0.3) is 22.6 Å². The molecule has 0 atom stereocenters. The van der Waals surface area contributed by atoms with Crippen molar-refractivity contribution in [3.63, 3.8) is 0 Å². The standard InChI is InChI=1S/C18H16N8O/c1-11-4-3-9-19-16(11)21-18(27)13-7-5-12(6-8-13)14-10-20-26(2)15(14)17-22-24-25-23-17/h3-10H,1-2H3,(H,19,21,27)(H,22,23,24,25). The highest BCUT2D eigenvalue weighted by Gasteiger charge is 2.17. The lowest BCUT2D eigenvalue weighted by Crippen LogP contribution is -2.13. The Bertz CT molecular complexity index is 1080. The zero-order valence-electron chi connectivity index (χ0n) is 14.7. The predicted molar refractivity (Wildman–Crippen MR) is 98.7 cm³/mol. The normalized spacial score (nSPS) is 10.7. The minimum absolute atomic E-state index is 0.215. The summed E-state index contributed by atoms with van der Waals surface area (Å²) in [5, 5.41) is 21.2. The monoisotopic (exact) mass is 360 g/mol. The van der Waals surface area contributed by atoms with Crippen molar-refractivity contribution >= 4 is 11.7 Å². The van der Waals surface area contributed by atoms with Gasteiger partial charge in [-0.25, -0.2) is 4.98 Å². The SMILES string of the molecule is Cc1cccnc1NC(=O)c1ccc(-c2cnn(C)c2-c2nn[nH]n2)cc1. The number of tetrazole rings is 1. The van der Waals surface area contributed by atoms with E-state index in [4.69, 9.17) is 0 Å². The third-order valence-corrected chi connectivity index (χ3v) is 4.20. The lowest BCUT2D eigenvalue weighted by atomic mass is 10.0. The van der Waals surface area contributed by atoms with E-state index in [9.17, 15) is 4.79 Å². The first kappa shape index (κ1) is 16.6. The fourth-order valence-electron chi connectivity index (χ4n) is 2.77. The Labute approximate surface area is 154 Å². The van der Waals surface area contributed by atoms with Crippen LogP contribution in [0.3, 0.4) is 0 Å². The summed E-state index contributed by atoms with van der Waals surface area (Å²) in [6, 6.07) is 11.0. The highest BCUT2D eigenvalue weighted by Crippen LogP contribution is 2.29. The number of nitrogens with one attached hydrogen (secondary N) is 2. The Morgan fingerprint density at radius 2 is 2.00 bits per heavy atom. The summed E-state index contributed by atoms with van der Waals surface area (Å²) in [5.41, 5.74) is 3.93. The van der Waals surface area contributed by atoms with Gasteiger partial charge in [-0.2, -0.15) is 10.3 Å². The van der Waals surface area contributed by atoms with E-state index in [0.29, 0.717) is 17.2 Å². The molecule has 27 heavy (non-hydrogen) atoms. The summed E-state index contributed by atoms with van der Waals surface area (Å²) in [4.78, 5) is 16.7. The molecule has 0 radical (unpaired) electrons.